The quantitative estimate of drug-likeness (QED) is 0.375. The third-order valence-electron chi connectivity index (χ3n) is 4.65. The van der Waals surface area contributed by atoms with Gasteiger partial charge in [0.05, 0.1) is 11.4 Å². The van der Waals surface area contributed by atoms with Crippen molar-refractivity contribution >= 4 is 27.7 Å². The molecule has 1 aliphatic heterocycles. The Kier molecular flexibility index (Phi) is 4.52. The molecule has 0 saturated carbocycles. The van der Waals surface area contributed by atoms with Gasteiger partial charge in [0.1, 0.15) is 35.7 Å². The maximum absolute atomic E-state index is 12.1. The first-order chi connectivity index (χ1) is 13.4. The van der Waals surface area contributed by atoms with E-state index in [-0.39, 0.29) is 11.3 Å². The number of carboxylic acids is 1. The zero-order valence-electron chi connectivity index (χ0n) is 14.2. The van der Waals surface area contributed by atoms with Crippen LogP contribution in [0.25, 0.3) is 21.7 Å². The van der Waals surface area contributed by atoms with Crippen molar-refractivity contribution < 1.29 is 39.1 Å². The molecule has 2 aromatic carbocycles. The van der Waals surface area contributed by atoms with E-state index in [0.717, 1.165) is 0 Å². The molecule has 5 atom stereocenters. The highest BCUT2D eigenvalue weighted by molar-refractivity contribution is 6.04. The SMILES string of the molecule is O=C([O-])[C@H]1O[C@@H](Oc2ccc3c(c2)oc(=O)c2ccccc23)[C@H](O)[C@@H](O)[C@@H]1O. The summed E-state index contributed by atoms with van der Waals surface area (Å²) < 4.78 is 15.7. The highest BCUT2D eigenvalue weighted by atomic mass is 16.7. The number of rotatable bonds is 3. The second kappa shape index (κ2) is 6.88. The van der Waals surface area contributed by atoms with Gasteiger partial charge in [0.15, 0.2) is 0 Å². The lowest BCUT2D eigenvalue weighted by molar-refractivity contribution is -0.342. The van der Waals surface area contributed by atoms with Gasteiger partial charge in [-0.05, 0) is 23.6 Å². The summed E-state index contributed by atoms with van der Waals surface area (Å²) in [5.74, 6) is -1.67. The fraction of sp³-hybridized carbons (Fsp3) is 0.263. The number of benzene rings is 2. The van der Waals surface area contributed by atoms with Gasteiger partial charge in [-0.2, -0.15) is 0 Å². The third-order valence-corrected chi connectivity index (χ3v) is 4.65. The Labute approximate surface area is 157 Å². The van der Waals surface area contributed by atoms with Crippen LogP contribution < -0.4 is 15.5 Å². The van der Waals surface area contributed by atoms with E-state index in [9.17, 15) is 30.0 Å². The minimum atomic E-state index is -1.88. The van der Waals surface area contributed by atoms with E-state index in [0.29, 0.717) is 16.2 Å². The fourth-order valence-corrected chi connectivity index (χ4v) is 3.21. The van der Waals surface area contributed by atoms with E-state index in [2.05, 4.69) is 0 Å². The predicted molar refractivity (Wildman–Crippen MR) is 92.3 cm³/mol. The first-order valence-corrected chi connectivity index (χ1v) is 8.39. The lowest BCUT2D eigenvalue weighted by Gasteiger charge is -2.40. The highest BCUT2D eigenvalue weighted by Crippen LogP contribution is 2.29. The molecule has 9 nitrogen and oxygen atoms in total. The van der Waals surface area contributed by atoms with Crippen LogP contribution in [-0.4, -0.2) is 52.0 Å². The summed E-state index contributed by atoms with van der Waals surface area (Å²) in [5.41, 5.74) is -0.326. The van der Waals surface area contributed by atoms with Crippen LogP contribution >= 0.6 is 0 Å². The van der Waals surface area contributed by atoms with Crippen molar-refractivity contribution in [3.63, 3.8) is 0 Å². The molecule has 3 N–H and O–H groups in total. The molecule has 0 aliphatic carbocycles. The van der Waals surface area contributed by atoms with Crippen LogP contribution in [0, 0.1) is 0 Å². The zero-order chi connectivity index (χ0) is 20.0. The van der Waals surface area contributed by atoms with Crippen LogP contribution in [-0.2, 0) is 9.53 Å². The molecule has 1 fully saturated rings. The predicted octanol–water partition coefficient (Wildman–Crippen LogP) is -1.12. The monoisotopic (exact) mass is 387 g/mol. The minimum Gasteiger partial charge on any atom is -0.547 e. The molecule has 1 aliphatic rings. The third kappa shape index (κ3) is 3.00. The molecule has 1 aromatic heterocycles. The molecule has 0 bridgehead atoms. The van der Waals surface area contributed by atoms with Gasteiger partial charge < -0.3 is 39.1 Å². The Morgan fingerprint density at radius 2 is 1.68 bits per heavy atom. The molecule has 0 spiro atoms. The molecule has 146 valence electrons. The summed E-state index contributed by atoms with van der Waals surface area (Å²) in [6.45, 7) is 0. The first kappa shape index (κ1) is 18.4. The molecule has 2 heterocycles. The minimum absolute atomic E-state index is 0.0932. The topological polar surface area (TPSA) is 149 Å². The number of carboxylic acid groups (broad SMARTS) is 1. The molecule has 0 radical (unpaired) electrons. The fourth-order valence-electron chi connectivity index (χ4n) is 3.21. The Balaban J connectivity index is 1.69. The maximum atomic E-state index is 12.1. The largest absolute Gasteiger partial charge is 0.547 e. The first-order valence-electron chi connectivity index (χ1n) is 8.39. The highest BCUT2D eigenvalue weighted by Gasteiger charge is 2.45. The molecule has 0 unspecified atom stereocenters. The van der Waals surface area contributed by atoms with Gasteiger partial charge in [-0.25, -0.2) is 4.79 Å². The van der Waals surface area contributed by atoms with Gasteiger partial charge in [-0.15, -0.1) is 0 Å². The van der Waals surface area contributed by atoms with Crippen molar-refractivity contribution in [3.05, 3.63) is 52.9 Å². The van der Waals surface area contributed by atoms with E-state index in [1.807, 2.05) is 0 Å². The van der Waals surface area contributed by atoms with Gasteiger partial charge in [0.25, 0.3) is 0 Å². The number of carbonyl (C=O) groups is 1. The van der Waals surface area contributed by atoms with Crippen molar-refractivity contribution in [1.82, 2.24) is 0 Å². The normalized spacial score (nSPS) is 27.8. The summed E-state index contributed by atoms with van der Waals surface area (Å²) in [6, 6.07) is 11.4. The number of aliphatic carboxylic acids is 1. The molecule has 3 aromatic rings. The van der Waals surface area contributed by atoms with E-state index >= 15 is 0 Å². The number of fused-ring (bicyclic) bond motifs is 3. The summed E-state index contributed by atoms with van der Waals surface area (Å²) in [5, 5.41) is 42.3. The number of hydrogen-bond donors (Lipinski definition) is 3. The van der Waals surface area contributed by atoms with Crippen LogP contribution in [0.1, 0.15) is 0 Å². The smallest absolute Gasteiger partial charge is 0.344 e. The van der Waals surface area contributed by atoms with Crippen molar-refractivity contribution in [2.45, 2.75) is 30.7 Å². The van der Waals surface area contributed by atoms with E-state index < -0.39 is 42.3 Å². The number of aliphatic hydroxyl groups is 3. The molecule has 4 rings (SSSR count). The van der Waals surface area contributed by atoms with E-state index in [4.69, 9.17) is 13.9 Å². The van der Waals surface area contributed by atoms with Gasteiger partial charge >= 0.3 is 5.63 Å². The van der Waals surface area contributed by atoms with E-state index in [1.54, 1.807) is 30.3 Å². The van der Waals surface area contributed by atoms with Crippen molar-refractivity contribution in [3.8, 4) is 5.75 Å². The van der Waals surface area contributed by atoms with Crippen LogP contribution in [0.4, 0.5) is 0 Å². The number of aliphatic hydroxyl groups excluding tert-OH is 3. The maximum Gasteiger partial charge on any atom is 0.344 e. The van der Waals surface area contributed by atoms with Crippen molar-refractivity contribution in [2.24, 2.45) is 0 Å². The van der Waals surface area contributed by atoms with Gasteiger partial charge in [0, 0.05) is 11.5 Å². The lowest BCUT2D eigenvalue weighted by Crippen LogP contribution is -2.63. The van der Waals surface area contributed by atoms with Gasteiger partial charge in [0.2, 0.25) is 6.29 Å². The standard InChI is InChI=1S/C19H16O9/c20-13-14(21)16(17(23)24)28-19(15(13)22)26-8-5-6-10-9-3-1-2-4-11(9)18(25)27-12(10)7-8/h1-7,13-16,19-22H,(H,23,24)/p-1/t13-,14-,15+,16-,19+/m0/s1. The molecule has 28 heavy (non-hydrogen) atoms. The zero-order valence-corrected chi connectivity index (χ0v) is 14.2. The average Bonchev–Trinajstić information content (AvgIpc) is 2.68. The summed E-state index contributed by atoms with van der Waals surface area (Å²) in [4.78, 5) is 23.2. The second-order valence-corrected chi connectivity index (χ2v) is 6.43. The van der Waals surface area contributed by atoms with E-state index in [1.165, 1.54) is 12.1 Å². The molecule has 9 heteroatoms. The van der Waals surface area contributed by atoms with Crippen LogP contribution in [0.2, 0.25) is 0 Å². The Morgan fingerprint density at radius 3 is 2.39 bits per heavy atom. The van der Waals surface area contributed by atoms with Crippen LogP contribution in [0.3, 0.4) is 0 Å². The Bertz CT molecular complexity index is 1110. The average molecular weight is 387 g/mol. The second-order valence-electron chi connectivity index (χ2n) is 6.43. The molecular formula is C19H15O9-. The molecule has 1 saturated heterocycles. The van der Waals surface area contributed by atoms with Crippen molar-refractivity contribution in [2.75, 3.05) is 0 Å². The molecular weight excluding hydrogens is 372 g/mol. The summed E-state index contributed by atoms with van der Waals surface area (Å²) in [7, 11) is 0. The van der Waals surface area contributed by atoms with Crippen LogP contribution in [0.15, 0.2) is 51.7 Å². The van der Waals surface area contributed by atoms with Crippen LogP contribution in [0.5, 0.6) is 5.75 Å². The van der Waals surface area contributed by atoms with Gasteiger partial charge in [-0.1, -0.05) is 18.2 Å². The number of ether oxygens (including phenoxy) is 2. The number of hydrogen-bond acceptors (Lipinski definition) is 9. The van der Waals surface area contributed by atoms with Crippen molar-refractivity contribution in [1.29, 1.82) is 0 Å². The Hall–Kier alpha value is -2.98. The number of carbonyl (C=O) groups excluding carboxylic acids is 1. The summed E-state index contributed by atoms with van der Waals surface area (Å²) in [6.07, 6.45) is -8.88. The lowest BCUT2D eigenvalue weighted by atomic mass is 9.99. The Morgan fingerprint density at radius 1 is 0.964 bits per heavy atom. The molecule has 0 amide bonds. The van der Waals surface area contributed by atoms with Gasteiger partial charge in [-0.3, -0.25) is 0 Å². The summed E-state index contributed by atoms with van der Waals surface area (Å²) >= 11 is 0.